The van der Waals surface area contributed by atoms with Crippen molar-refractivity contribution in [3.8, 4) is 0 Å². The summed E-state index contributed by atoms with van der Waals surface area (Å²) in [7, 11) is 0. The van der Waals surface area contributed by atoms with Crippen molar-refractivity contribution in [1.29, 1.82) is 0 Å². The highest BCUT2D eigenvalue weighted by molar-refractivity contribution is 5.71. The number of esters is 3. The first-order chi connectivity index (χ1) is 30.5. The summed E-state index contributed by atoms with van der Waals surface area (Å²) in [6.45, 7) is 6.69. The predicted molar refractivity (Wildman–Crippen MR) is 266 cm³/mol. The van der Waals surface area contributed by atoms with Gasteiger partial charge in [-0.25, -0.2) is 0 Å². The molecule has 62 heavy (non-hydrogen) atoms. The standard InChI is InChI=1S/C56H108O6/c1-4-7-10-13-16-19-22-25-26-27-28-29-30-32-34-37-40-43-46-49-55(58)61-52-53(51-60-54(57)48-45-42-39-36-33-24-21-18-15-12-9-6-3)62-56(59)50-47-44-41-38-35-31-23-20-17-14-11-8-5-2/h53H,4-52H2,1-3H3/t53-/m0/s1. The Bertz CT molecular complexity index is 920. The van der Waals surface area contributed by atoms with Crippen LogP contribution in [0.4, 0.5) is 0 Å². The van der Waals surface area contributed by atoms with Crippen LogP contribution in [-0.2, 0) is 28.6 Å². The molecule has 368 valence electrons. The SMILES string of the molecule is CCCCCCCCCCCCCCCCCCCCCC(=O)OC[C@H](COC(=O)CCCCCCCCCCCCCC)OC(=O)CCCCCCCCCCCCCCC. The quantitative estimate of drug-likeness (QED) is 0.0344. The topological polar surface area (TPSA) is 78.9 Å². The van der Waals surface area contributed by atoms with Crippen molar-refractivity contribution in [3.05, 3.63) is 0 Å². The maximum absolute atomic E-state index is 12.8. The smallest absolute Gasteiger partial charge is 0.306 e. The van der Waals surface area contributed by atoms with Gasteiger partial charge in [-0.3, -0.25) is 14.4 Å². The number of rotatable bonds is 52. The summed E-state index contributed by atoms with van der Waals surface area (Å²) in [5.41, 5.74) is 0. The maximum Gasteiger partial charge on any atom is 0.306 e. The van der Waals surface area contributed by atoms with Crippen molar-refractivity contribution < 1.29 is 28.6 Å². The second-order valence-electron chi connectivity index (χ2n) is 19.2. The van der Waals surface area contributed by atoms with Gasteiger partial charge in [-0.1, -0.05) is 284 Å². The van der Waals surface area contributed by atoms with Gasteiger partial charge >= 0.3 is 17.9 Å². The van der Waals surface area contributed by atoms with Crippen LogP contribution in [0.2, 0.25) is 0 Å². The Morgan fingerprint density at radius 1 is 0.258 bits per heavy atom. The van der Waals surface area contributed by atoms with E-state index in [9.17, 15) is 14.4 Å². The zero-order valence-electron chi connectivity index (χ0n) is 42.2. The second kappa shape index (κ2) is 52.0. The third-order valence-corrected chi connectivity index (χ3v) is 12.9. The second-order valence-corrected chi connectivity index (χ2v) is 19.2. The molecular weight excluding hydrogens is 769 g/mol. The van der Waals surface area contributed by atoms with E-state index >= 15 is 0 Å². The molecule has 0 aliphatic carbocycles. The van der Waals surface area contributed by atoms with Gasteiger partial charge in [-0.05, 0) is 19.3 Å². The Morgan fingerprint density at radius 3 is 0.645 bits per heavy atom. The molecule has 0 spiro atoms. The van der Waals surface area contributed by atoms with Gasteiger partial charge in [0, 0.05) is 19.3 Å². The molecule has 0 bridgehead atoms. The number of hydrogen-bond acceptors (Lipinski definition) is 6. The molecule has 0 heterocycles. The van der Waals surface area contributed by atoms with Gasteiger partial charge in [0.05, 0.1) is 0 Å². The van der Waals surface area contributed by atoms with Crippen molar-refractivity contribution in [3.63, 3.8) is 0 Å². The van der Waals surface area contributed by atoms with E-state index < -0.39 is 6.10 Å². The third-order valence-electron chi connectivity index (χ3n) is 12.9. The molecule has 0 aliphatic rings. The van der Waals surface area contributed by atoms with E-state index in [0.29, 0.717) is 19.3 Å². The zero-order chi connectivity index (χ0) is 45.1. The van der Waals surface area contributed by atoms with E-state index in [2.05, 4.69) is 20.8 Å². The van der Waals surface area contributed by atoms with Crippen LogP contribution in [0.15, 0.2) is 0 Å². The van der Waals surface area contributed by atoms with E-state index in [1.807, 2.05) is 0 Å². The maximum atomic E-state index is 12.8. The van der Waals surface area contributed by atoms with Gasteiger partial charge in [-0.15, -0.1) is 0 Å². The lowest BCUT2D eigenvalue weighted by molar-refractivity contribution is -0.167. The Labute approximate surface area is 387 Å². The molecule has 0 saturated carbocycles. The Hall–Kier alpha value is -1.59. The molecule has 0 amide bonds. The lowest BCUT2D eigenvalue weighted by Crippen LogP contribution is -2.30. The predicted octanol–water partition coefficient (Wildman–Crippen LogP) is 18.4. The normalized spacial score (nSPS) is 11.9. The molecule has 0 saturated heterocycles. The minimum atomic E-state index is -0.760. The van der Waals surface area contributed by atoms with Crippen LogP contribution in [-0.4, -0.2) is 37.2 Å². The number of unbranched alkanes of at least 4 members (excludes halogenated alkanes) is 41. The molecule has 0 aromatic carbocycles. The van der Waals surface area contributed by atoms with Crippen LogP contribution in [0, 0.1) is 0 Å². The molecule has 0 radical (unpaired) electrons. The molecule has 6 nitrogen and oxygen atoms in total. The number of ether oxygens (including phenoxy) is 3. The average molecular weight is 877 g/mol. The van der Waals surface area contributed by atoms with E-state index in [-0.39, 0.29) is 31.1 Å². The fourth-order valence-corrected chi connectivity index (χ4v) is 8.62. The summed E-state index contributed by atoms with van der Waals surface area (Å²) < 4.78 is 16.8. The number of hydrogen-bond donors (Lipinski definition) is 0. The first-order valence-corrected chi connectivity index (χ1v) is 28.0. The first-order valence-electron chi connectivity index (χ1n) is 28.0. The molecule has 0 aromatic heterocycles. The van der Waals surface area contributed by atoms with Crippen molar-refractivity contribution in [2.45, 2.75) is 329 Å². The summed E-state index contributed by atoms with van der Waals surface area (Å²) in [4.78, 5) is 38.0. The summed E-state index contributed by atoms with van der Waals surface area (Å²) >= 11 is 0. The van der Waals surface area contributed by atoms with Crippen molar-refractivity contribution in [2.24, 2.45) is 0 Å². The summed E-state index contributed by atoms with van der Waals surface area (Å²) in [5.74, 6) is -0.836. The Kier molecular flexibility index (Phi) is 50.7. The van der Waals surface area contributed by atoms with Gasteiger partial charge in [-0.2, -0.15) is 0 Å². The lowest BCUT2D eigenvalue weighted by atomic mass is 10.0. The van der Waals surface area contributed by atoms with Crippen LogP contribution >= 0.6 is 0 Å². The minimum Gasteiger partial charge on any atom is -0.462 e. The van der Waals surface area contributed by atoms with Crippen LogP contribution in [0.25, 0.3) is 0 Å². The van der Waals surface area contributed by atoms with Gasteiger partial charge in [0.15, 0.2) is 6.10 Å². The third kappa shape index (κ3) is 49.4. The minimum absolute atomic E-state index is 0.0613. The monoisotopic (exact) mass is 877 g/mol. The first kappa shape index (κ1) is 60.4. The van der Waals surface area contributed by atoms with Crippen LogP contribution in [0.5, 0.6) is 0 Å². The van der Waals surface area contributed by atoms with Gasteiger partial charge < -0.3 is 14.2 Å². The van der Waals surface area contributed by atoms with Gasteiger partial charge in [0.1, 0.15) is 13.2 Å². The number of carbonyl (C=O) groups excluding carboxylic acids is 3. The highest BCUT2D eigenvalue weighted by atomic mass is 16.6. The van der Waals surface area contributed by atoms with E-state index in [1.54, 1.807) is 0 Å². The van der Waals surface area contributed by atoms with Gasteiger partial charge in [0.2, 0.25) is 0 Å². The molecular formula is C56H108O6. The fourth-order valence-electron chi connectivity index (χ4n) is 8.62. The molecule has 0 N–H and O–H groups in total. The van der Waals surface area contributed by atoms with Gasteiger partial charge in [0.25, 0.3) is 0 Å². The summed E-state index contributed by atoms with van der Waals surface area (Å²) in [5, 5.41) is 0. The average Bonchev–Trinajstić information content (AvgIpc) is 3.27. The molecule has 0 rings (SSSR count). The van der Waals surface area contributed by atoms with Crippen LogP contribution in [0.1, 0.15) is 323 Å². The molecule has 1 atom stereocenters. The summed E-state index contributed by atoms with van der Waals surface area (Å²) in [6, 6.07) is 0. The molecule has 6 heteroatoms. The largest absolute Gasteiger partial charge is 0.462 e. The Balaban J connectivity index is 4.24. The van der Waals surface area contributed by atoms with E-state index in [4.69, 9.17) is 14.2 Å². The van der Waals surface area contributed by atoms with Crippen LogP contribution in [0.3, 0.4) is 0 Å². The van der Waals surface area contributed by atoms with Crippen LogP contribution < -0.4 is 0 Å². The fraction of sp³-hybridized carbons (Fsp3) is 0.946. The zero-order valence-corrected chi connectivity index (χ0v) is 42.2. The van der Waals surface area contributed by atoms with Crippen molar-refractivity contribution in [2.75, 3.05) is 13.2 Å². The molecule has 0 aromatic rings. The molecule has 0 fully saturated rings. The lowest BCUT2D eigenvalue weighted by Gasteiger charge is -2.18. The van der Waals surface area contributed by atoms with E-state index in [1.165, 1.54) is 225 Å². The van der Waals surface area contributed by atoms with E-state index in [0.717, 1.165) is 57.8 Å². The summed E-state index contributed by atoms with van der Waals surface area (Å²) in [6.07, 6.45) is 56.6. The number of carbonyl (C=O) groups is 3. The highest BCUT2D eigenvalue weighted by Gasteiger charge is 2.19. The Morgan fingerprint density at radius 2 is 0.435 bits per heavy atom. The highest BCUT2D eigenvalue weighted by Crippen LogP contribution is 2.17. The van der Waals surface area contributed by atoms with Crippen molar-refractivity contribution in [1.82, 2.24) is 0 Å². The molecule has 0 unspecified atom stereocenters. The molecule has 0 aliphatic heterocycles. The van der Waals surface area contributed by atoms with Crippen molar-refractivity contribution >= 4 is 17.9 Å².